The average Bonchev–Trinajstić information content (AvgIpc) is 2.92. The summed E-state index contributed by atoms with van der Waals surface area (Å²) < 4.78 is 2.07. The summed E-state index contributed by atoms with van der Waals surface area (Å²) in [5.41, 5.74) is 2.44. The minimum Gasteiger partial charge on any atom is -0.297 e. The van der Waals surface area contributed by atoms with Gasteiger partial charge in [-0.2, -0.15) is 11.8 Å². The van der Waals surface area contributed by atoms with Crippen molar-refractivity contribution < 1.29 is 0 Å². The average molecular weight is 295 g/mol. The molecule has 2 aromatic heterocycles. The summed E-state index contributed by atoms with van der Waals surface area (Å²) in [6, 6.07) is 8.01. The lowest BCUT2D eigenvalue weighted by Crippen LogP contribution is -1.83. The van der Waals surface area contributed by atoms with Gasteiger partial charge in [0, 0.05) is 34.3 Å². The molecule has 3 aromatic rings. The standard InChI is InChI=1S/C13H11ClN2S2/c14-11-3-1-10(2-4-11)8-17-9-12-7-16-5-6-18-13(16)15-12/h1-7H,8-9H2. The van der Waals surface area contributed by atoms with Crippen molar-refractivity contribution in [1.82, 2.24) is 9.38 Å². The van der Waals surface area contributed by atoms with E-state index in [4.69, 9.17) is 11.6 Å². The van der Waals surface area contributed by atoms with Gasteiger partial charge < -0.3 is 0 Å². The summed E-state index contributed by atoms with van der Waals surface area (Å²) in [5, 5.41) is 2.84. The lowest BCUT2D eigenvalue weighted by Gasteiger charge is -2.00. The van der Waals surface area contributed by atoms with Gasteiger partial charge in [0.2, 0.25) is 0 Å². The van der Waals surface area contributed by atoms with Gasteiger partial charge in [-0.05, 0) is 17.7 Å². The first kappa shape index (κ1) is 12.1. The number of thioether (sulfide) groups is 1. The highest BCUT2D eigenvalue weighted by molar-refractivity contribution is 7.97. The van der Waals surface area contributed by atoms with Crippen molar-refractivity contribution in [2.75, 3.05) is 0 Å². The van der Waals surface area contributed by atoms with Crippen LogP contribution in [0.3, 0.4) is 0 Å². The van der Waals surface area contributed by atoms with Crippen molar-refractivity contribution in [3.8, 4) is 0 Å². The second kappa shape index (κ2) is 5.34. The maximum Gasteiger partial charge on any atom is 0.193 e. The highest BCUT2D eigenvalue weighted by Gasteiger charge is 2.02. The normalized spacial score (nSPS) is 11.2. The zero-order valence-corrected chi connectivity index (χ0v) is 11.9. The Labute approximate surface area is 119 Å². The molecule has 0 unspecified atom stereocenters. The van der Waals surface area contributed by atoms with E-state index < -0.39 is 0 Å². The summed E-state index contributed by atoms with van der Waals surface area (Å²) in [7, 11) is 0. The van der Waals surface area contributed by atoms with Crippen LogP contribution < -0.4 is 0 Å². The third kappa shape index (κ3) is 2.71. The number of nitrogens with zero attached hydrogens (tertiary/aromatic N) is 2. The van der Waals surface area contributed by atoms with Gasteiger partial charge in [0.25, 0.3) is 0 Å². The lowest BCUT2D eigenvalue weighted by molar-refractivity contribution is 1.21. The third-order valence-corrected chi connectivity index (χ3v) is 4.64. The highest BCUT2D eigenvalue weighted by Crippen LogP contribution is 2.20. The second-order valence-corrected chi connectivity index (χ2v) is 6.24. The zero-order valence-electron chi connectivity index (χ0n) is 9.54. The predicted molar refractivity (Wildman–Crippen MR) is 79.5 cm³/mol. The second-order valence-electron chi connectivity index (χ2n) is 3.94. The molecule has 0 aliphatic heterocycles. The smallest absolute Gasteiger partial charge is 0.193 e. The van der Waals surface area contributed by atoms with E-state index in [0.29, 0.717) is 0 Å². The van der Waals surface area contributed by atoms with Crippen LogP contribution in [0.25, 0.3) is 4.96 Å². The molecule has 0 aliphatic rings. The Hall–Kier alpha value is -0.970. The molecule has 18 heavy (non-hydrogen) atoms. The Morgan fingerprint density at radius 1 is 1.22 bits per heavy atom. The fourth-order valence-corrected chi connectivity index (χ4v) is 3.42. The number of thiazole rings is 1. The van der Waals surface area contributed by atoms with Crippen molar-refractivity contribution in [2.45, 2.75) is 11.5 Å². The third-order valence-electron chi connectivity index (χ3n) is 2.58. The minimum absolute atomic E-state index is 0.790. The number of imidazole rings is 1. The molecule has 5 heteroatoms. The Kier molecular flexibility index (Phi) is 3.59. The van der Waals surface area contributed by atoms with Gasteiger partial charge in [0.15, 0.2) is 4.96 Å². The molecule has 0 N–H and O–H groups in total. The number of hydrogen-bond acceptors (Lipinski definition) is 3. The highest BCUT2D eigenvalue weighted by atomic mass is 35.5. The molecular weight excluding hydrogens is 284 g/mol. The van der Waals surface area contributed by atoms with E-state index in [0.717, 1.165) is 27.2 Å². The van der Waals surface area contributed by atoms with E-state index in [1.54, 1.807) is 11.3 Å². The molecular formula is C13H11ClN2S2. The van der Waals surface area contributed by atoms with Crippen LogP contribution in [-0.2, 0) is 11.5 Å². The minimum atomic E-state index is 0.790. The van der Waals surface area contributed by atoms with Gasteiger partial charge in [0.1, 0.15) is 0 Å². The maximum atomic E-state index is 5.86. The van der Waals surface area contributed by atoms with Gasteiger partial charge in [-0.1, -0.05) is 23.7 Å². The molecule has 0 saturated carbocycles. The Balaban J connectivity index is 1.58. The number of hydrogen-bond donors (Lipinski definition) is 0. The van der Waals surface area contributed by atoms with E-state index in [-0.39, 0.29) is 0 Å². The van der Waals surface area contributed by atoms with E-state index in [1.165, 1.54) is 5.56 Å². The molecule has 0 amide bonds. The molecule has 0 fully saturated rings. The Morgan fingerprint density at radius 3 is 2.83 bits per heavy atom. The van der Waals surface area contributed by atoms with Gasteiger partial charge >= 0.3 is 0 Å². The monoisotopic (exact) mass is 294 g/mol. The molecule has 0 bridgehead atoms. The first-order valence-electron chi connectivity index (χ1n) is 5.54. The summed E-state index contributed by atoms with van der Waals surface area (Å²) in [6.45, 7) is 0. The van der Waals surface area contributed by atoms with Gasteiger partial charge in [0.05, 0.1) is 5.69 Å². The van der Waals surface area contributed by atoms with Gasteiger partial charge in [-0.3, -0.25) is 4.40 Å². The van der Waals surface area contributed by atoms with E-state index in [9.17, 15) is 0 Å². The number of benzene rings is 1. The van der Waals surface area contributed by atoms with Crippen molar-refractivity contribution in [1.29, 1.82) is 0 Å². The maximum absolute atomic E-state index is 5.86. The lowest BCUT2D eigenvalue weighted by atomic mass is 10.2. The van der Waals surface area contributed by atoms with Crippen LogP contribution in [0.2, 0.25) is 5.02 Å². The molecule has 0 aliphatic carbocycles. The van der Waals surface area contributed by atoms with Crippen LogP contribution in [0.1, 0.15) is 11.3 Å². The molecule has 0 atom stereocenters. The number of halogens is 1. The topological polar surface area (TPSA) is 17.3 Å². The Bertz CT molecular complexity index is 614. The van der Waals surface area contributed by atoms with Crippen molar-refractivity contribution in [2.24, 2.45) is 0 Å². The van der Waals surface area contributed by atoms with E-state index >= 15 is 0 Å². The molecule has 0 saturated heterocycles. The van der Waals surface area contributed by atoms with Crippen LogP contribution in [-0.4, -0.2) is 9.38 Å². The van der Waals surface area contributed by atoms with E-state index in [2.05, 4.69) is 27.7 Å². The number of fused-ring (bicyclic) bond motifs is 1. The molecule has 2 nitrogen and oxygen atoms in total. The number of rotatable bonds is 4. The van der Waals surface area contributed by atoms with Gasteiger partial charge in [-0.25, -0.2) is 4.98 Å². The molecule has 0 radical (unpaired) electrons. The van der Waals surface area contributed by atoms with Crippen LogP contribution >= 0.6 is 34.7 Å². The largest absolute Gasteiger partial charge is 0.297 e. The molecule has 1 aromatic carbocycles. The first-order chi connectivity index (χ1) is 8.81. The number of aromatic nitrogens is 2. The molecule has 92 valence electrons. The van der Waals surface area contributed by atoms with Crippen LogP contribution in [0, 0.1) is 0 Å². The zero-order chi connectivity index (χ0) is 12.4. The molecule has 0 spiro atoms. The summed E-state index contributed by atoms with van der Waals surface area (Å²) >= 11 is 9.39. The van der Waals surface area contributed by atoms with Crippen molar-refractivity contribution in [3.05, 3.63) is 58.3 Å². The van der Waals surface area contributed by atoms with Crippen molar-refractivity contribution >= 4 is 39.7 Å². The predicted octanol–water partition coefficient (Wildman–Crippen LogP) is 4.48. The summed E-state index contributed by atoms with van der Waals surface area (Å²) in [5.74, 6) is 1.93. The van der Waals surface area contributed by atoms with Gasteiger partial charge in [-0.15, -0.1) is 11.3 Å². The van der Waals surface area contributed by atoms with Crippen LogP contribution in [0.15, 0.2) is 42.0 Å². The molecule has 3 rings (SSSR count). The van der Waals surface area contributed by atoms with E-state index in [1.807, 2.05) is 35.5 Å². The van der Waals surface area contributed by atoms with Crippen LogP contribution in [0.4, 0.5) is 0 Å². The fraction of sp³-hybridized carbons (Fsp3) is 0.154. The first-order valence-corrected chi connectivity index (χ1v) is 7.96. The Morgan fingerprint density at radius 2 is 2.06 bits per heavy atom. The summed E-state index contributed by atoms with van der Waals surface area (Å²) in [6.07, 6.45) is 4.14. The van der Waals surface area contributed by atoms with Crippen molar-refractivity contribution in [3.63, 3.8) is 0 Å². The quantitative estimate of drug-likeness (QED) is 0.706. The van der Waals surface area contributed by atoms with Crippen LogP contribution in [0.5, 0.6) is 0 Å². The summed E-state index contributed by atoms with van der Waals surface area (Å²) in [4.78, 5) is 5.62. The molecule has 2 heterocycles. The fourth-order valence-electron chi connectivity index (χ4n) is 1.70. The SMILES string of the molecule is Clc1ccc(CSCc2cn3ccsc3n2)cc1.